The quantitative estimate of drug-likeness (QED) is 0.901. The van der Waals surface area contributed by atoms with Crippen molar-refractivity contribution in [3.05, 3.63) is 34.4 Å². The van der Waals surface area contributed by atoms with Gasteiger partial charge in [-0.2, -0.15) is 0 Å². The number of hydrogen-bond donors (Lipinski definition) is 2. The minimum Gasteiger partial charge on any atom is -0.480 e. The van der Waals surface area contributed by atoms with Gasteiger partial charge in [-0.15, -0.1) is 0 Å². The molecular weight excluding hydrogens is 324 g/mol. The Morgan fingerprint density at radius 3 is 2.75 bits per heavy atom. The monoisotopic (exact) mass is 336 g/mol. The molecule has 5 nitrogen and oxygen atoms in total. The summed E-state index contributed by atoms with van der Waals surface area (Å²) < 4.78 is 0.926. The Bertz CT molecular complexity index is 691. The zero-order valence-corrected chi connectivity index (χ0v) is 12.2. The third kappa shape index (κ3) is 2.56. The van der Waals surface area contributed by atoms with E-state index in [0.717, 1.165) is 28.2 Å². The molecule has 0 spiro atoms. The van der Waals surface area contributed by atoms with Gasteiger partial charge in [0.25, 0.3) is 5.91 Å². The van der Waals surface area contributed by atoms with Crippen molar-refractivity contribution in [2.75, 3.05) is 6.54 Å². The second kappa shape index (κ2) is 4.94. The molecule has 1 aromatic heterocycles. The van der Waals surface area contributed by atoms with Gasteiger partial charge in [-0.25, -0.2) is 0 Å². The predicted molar refractivity (Wildman–Crippen MR) is 77.7 cm³/mol. The van der Waals surface area contributed by atoms with E-state index >= 15 is 0 Å². The van der Waals surface area contributed by atoms with E-state index in [1.54, 1.807) is 6.07 Å². The molecule has 0 aliphatic heterocycles. The molecule has 6 heteroatoms. The smallest absolute Gasteiger partial charge is 0.323 e. The van der Waals surface area contributed by atoms with Gasteiger partial charge in [0.1, 0.15) is 12.2 Å². The number of amides is 1. The molecule has 104 valence electrons. The summed E-state index contributed by atoms with van der Waals surface area (Å²) in [4.78, 5) is 27.8. The second-order valence-electron chi connectivity index (χ2n) is 4.97. The normalized spacial score (nSPS) is 14.4. The number of nitrogens with one attached hydrogen (secondary N) is 1. The minimum absolute atomic E-state index is 0.0664. The van der Waals surface area contributed by atoms with Crippen LogP contribution in [0.2, 0.25) is 0 Å². The standard InChI is InChI=1S/C14H13BrN2O3/c15-9-2-1-8-5-12(16-11(8)6-9)14(20)17(7-13(18)19)10-3-4-10/h1-2,5-6,10,16H,3-4,7H2,(H,18,19). The number of fused-ring (bicyclic) bond motifs is 1. The Kier molecular flexibility index (Phi) is 3.25. The molecule has 1 saturated carbocycles. The van der Waals surface area contributed by atoms with Gasteiger partial charge in [0.2, 0.25) is 0 Å². The van der Waals surface area contributed by atoms with Crippen LogP contribution in [-0.4, -0.2) is 39.5 Å². The molecule has 1 aliphatic carbocycles. The van der Waals surface area contributed by atoms with Crippen molar-refractivity contribution < 1.29 is 14.7 Å². The van der Waals surface area contributed by atoms with Crippen molar-refractivity contribution in [3.63, 3.8) is 0 Å². The fourth-order valence-electron chi connectivity index (χ4n) is 2.27. The lowest BCUT2D eigenvalue weighted by molar-refractivity contribution is -0.137. The summed E-state index contributed by atoms with van der Waals surface area (Å²) in [6.45, 7) is -0.247. The Morgan fingerprint density at radius 2 is 2.10 bits per heavy atom. The van der Waals surface area contributed by atoms with E-state index < -0.39 is 5.97 Å². The lowest BCUT2D eigenvalue weighted by Gasteiger charge is -2.19. The Hall–Kier alpha value is -1.82. The van der Waals surface area contributed by atoms with Crippen molar-refractivity contribution >= 4 is 38.7 Å². The van der Waals surface area contributed by atoms with E-state index in [-0.39, 0.29) is 18.5 Å². The maximum absolute atomic E-state index is 12.4. The van der Waals surface area contributed by atoms with Crippen molar-refractivity contribution in [2.24, 2.45) is 0 Å². The number of carboxylic acid groups (broad SMARTS) is 1. The first-order valence-corrected chi connectivity index (χ1v) is 7.15. The van der Waals surface area contributed by atoms with Gasteiger partial charge in [0, 0.05) is 21.4 Å². The second-order valence-corrected chi connectivity index (χ2v) is 5.89. The van der Waals surface area contributed by atoms with Crippen molar-refractivity contribution in [2.45, 2.75) is 18.9 Å². The molecule has 0 bridgehead atoms. The summed E-state index contributed by atoms with van der Waals surface area (Å²) >= 11 is 3.38. The average molecular weight is 337 g/mol. The number of rotatable bonds is 4. The van der Waals surface area contributed by atoms with E-state index in [1.807, 2.05) is 18.2 Å². The summed E-state index contributed by atoms with van der Waals surface area (Å²) in [5.41, 5.74) is 1.29. The SMILES string of the molecule is O=C(O)CN(C(=O)c1cc2ccc(Br)cc2[nH]1)C1CC1. The third-order valence-electron chi connectivity index (χ3n) is 3.37. The molecule has 1 heterocycles. The Balaban J connectivity index is 1.92. The molecule has 1 aromatic carbocycles. The van der Waals surface area contributed by atoms with E-state index in [9.17, 15) is 9.59 Å². The molecular formula is C14H13BrN2O3. The number of aliphatic carboxylic acids is 1. The van der Waals surface area contributed by atoms with Crippen molar-refractivity contribution in [3.8, 4) is 0 Å². The van der Waals surface area contributed by atoms with E-state index in [0.29, 0.717) is 5.69 Å². The van der Waals surface area contributed by atoms with Crippen LogP contribution in [0.5, 0.6) is 0 Å². The minimum atomic E-state index is -0.982. The molecule has 20 heavy (non-hydrogen) atoms. The summed E-state index contributed by atoms with van der Waals surface area (Å²) in [7, 11) is 0. The third-order valence-corrected chi connectivity index (χ3v) is 3.86. The largest absolute Gasteiger partial charge is 0.480 e. The fraction of sp³-hybridized carbons (Fsp3) is 0.286. The highest BCUT2D eigenvalue weighted by Gasteiger charge is 2.34. The number of aromatic amines is 1. The van der Waals surface area contributed by atoms with Crippen LogP contribution in [0.25, 0.3) is 10.9 Å². The van der Waals surface area contributed by atoms with E-state index in [4.69, 9.17) is 5.11 Å². The molecule has 1 fully saturated rings. The number of hydrogen-bond acceptors (Lipinski definition) is 2. The van der Waals surface area contributed by atoms with Gasteiger partial charge in [0.15, 0.2) is 0 Å². The fourth-order valence-corrected chi connectivity index (χ4v) is 2.63. The topological polar surface area (TPSA) is 73.4 Å². The maximum Gasteiger partial charge on any atom is 0.323 e. The van der Waals surface area contributed by atoms with Crippen LogP contribution in [0, 0.1) is 0 Å². The molecule has 0 saturated heterocycles. The molecule has 1 amide bonds. The van der Waals surface area contributed by atoms with Crippen LogP contribution in [0.15, 0.2) is 28.7 Å². The van der Waals surface area contributed by atoms with E-state index in [1.165, 1.54) is 4.90 Å². The van der Waals surface area contributed by atoms with Crippen LogP contribution < -0.4 is 0 Å². The number of H-pyrrole nitrogens is 1. The number of halogens is 1. The van der Waals surface area contributed by atoms with Gasteiger partial charge in [-0.1, -0.05) is 22.0 Å². The summed E-state index contributed by atoms with van der Waals surface area (Å²) in [6.07, 6.45) is 1.76. The van der Waals surface area contributed by atoms with Crippen LogP contribution in [0.4, 0.5) is 0 Å². The predicted octanol–water partition coefficient (Wildman–Crippen LogP) is 2.62. The number of carboxylic acids is 1. The molecule has 2 aromatic rings. The average Bonchev–Trinajstić information content (AvgIpc) is 3.14. The highest BCUT2D eigenvalue weighted by Crippen LogP contribution is 2.29. The van der Waals surface area contributed by atoms with Crippen LogP contribution in [-0.2, 0) is 4.79 Å². The first-order valence-electron chi connectivity index (χ1n) is 6.35. The van der Waals surface area contributed by atoms with Crippen molar-refractivity contribution in [1.29, 1.82) is 0 Å². The molecule has 0 unspecified atom stereocenters. The summed E-state index contributed by atoms with van der Waals surface area (Å²) in [5, 5.41) is 9.86. The lowest BCUT2D eigenvalue weighted by Crippen LogP contribution is -2.37. The van der Waals surface area contributed by atoms with Crippen LogP contribution >= 0.6 is 15.9 Å². The Morgan fingerprint density at radius 1 is 1.35 bits per heavy atom. The van der Waals surface area contributed by atoms with Crippen LogP contribution in [0.3, 0.4) is 0 Å². The molecule has 0 radical (unpaired) electrons. The summed E-state index contributed by atoms with van der Waals surface area (Å²) in [5.74, 6) is -1.23. The molecule has 3 rings (SSSR count). The van der Waals surface area contributed by atoms with Crippen LogP contribution in [0.1, 0.15) is 23.3 Å². The first kappa shape index (κ1) is 13.2. The zero-order valence-electron chi connectivity index (χ0n) is 10.6. The van der Waals surface area contributed by atoms with Crippen molar-refractivity contribution in [1.82, 2.24) is 9.88 Å². The maximum atomic E-state index is 12.4. The Labute approximate surface area is 123 Å². The number of carbonyl (C=O) groups is 2. The number of nitrogens with zero attached hydrogens (tertiary/aromatic N) is 1. The lowest BCUT2D eigenvalue weighted by atomic mass is 10.2. The van der Waals surface area contributed by atoms with Gasteiger partial charge in [0.05, 0.1) is 0 Å². The first-order chi connectivity index (χ1) is 9.54. The highest BCUT2D eigenvalue weighted by molar-refractivity contribution is 9.10. The molecule has 0 atom stereocenters. The van der Waals surface area contributed by atoms with E-state index in [2.05, 4.69) is 20.9 Å². The van der Waals surface area contributed by atoms with Gasteiger partial charge in [-0.05, 0) is 31.0 Å². The van der Waals surface area contributed by atoms with Gasteiger partial charge < -0.3 is 15.0 Å². The zero-order chi connectivity index (χ0) is 14.3. The van der Waals surface area contributed by atoms with Gasteiger partial charge in [-0.3, -0.25) is 9.59 Å². The number of aromatic nitrogens is 1. The van der Waals surface area contributed by atoms with Gasteiger partial charge >= 0.3 is 5.97 Å². The highest BCUT2D eigenvalue weighted by atomic mass is 79.9. The number of carbonyl (C=O) groups excluding carboxylic acids is 1. The number of benzene rings is 1. The molecule has 1 aliphatic rings. The molecule has 2 N–H and O–H groups in total. The summed E-state index contributed by atoms with van der Waals surface area (Å²) in [6, 6.07) is 7.54.